The lowest BCUT2D eigenvalue weighted by molar-refractivity contribution is 0.0243. The van der Waals surface area contributed by atoms with E-state index < -0.39 is 12.2 Å². The zero-order valence-corrected chi connectivity index (χ0v) is 10.4. The average Bonchev–Trinajstić information content (AvgIpc) is 2.46. The van der Waals surface area contributed by atoms with Crippen LogP contribution in [0.3, 0.4) is 0 Å². The van der Waals surface area contributed by atoms with Crippen molar-refractivity contribution in [2.24, 2.45) is 5.73 Å². The topological polar surface area (TPSA) is 81.8 Å². The predicted molar refractivity (Wildman–Crippen MR) is 71.5 cm³/mol. The highest BCUT2D eigenvalue weighted by Crippen LogP contribution is 2.22. The number of nitrogens with zero attached hydrogens (tertiary/aromatic N) is 1. The van der Waals surface area contributed by atoms with Crippen molar-refractivity contribution in [1.82, 2.24) is 5.32 Å². The molecule has 2 rings (SSSR count). The summed E-state index contributed by atoms with van der Waals surface area (Å²) in [6.45, 7) is 3.91. The number of hydrogen-bond acceptors (Lipinski definition) is 5. The molecule has 0 saturated carbocycles. The minimum Gasteiger partial charge on any atom is -0.389 e. The molecule has 2 unspecified atom stereocenters. The van der Waals surface area contributed by atoms with Gasteiger partial charge in [-0.15, -0.1) is 0 Å². The van der Waals surface area contributed by atoms with Crippen molar-refractivity contribution in [3.63, 3.8) is 0 Å². The first-order valence-electron chi connectivity index (χ1n) is 6.34. The molecule has 0 aromatic heterocycles. The van der Waals surface area contributed by atoms with Crippen LogP contribution in [0.5, 0.6) is 0 Å². The molecule has 100 valence electrons. The molecule has 1 heterocycles. The summed E-state index contributed by atoms with van der Waals surface area (Å²) < 4.78 is 0. The quantitative estimate of drug-likeness (QED) is 0.577. The van der Waals surface area contributed by atoms with Gasteiger partial charge >= 0.3 is 0 Å². The number of nitrogens with two attached hydrogens (primary N) is 1. The van der Waals surface area contributed by atoms with Gasteiger partial charge in [0, 0.05) is 38.4 Å². The molecular formula is C13H21N3O2. The Kier molecular flexibility index (Phi) is 4.54. The van der Waals surface area contributed by atoms with Gasteiger partial charge in [0.2, 0.25) is 0 Å². The summed E-state index contributed by atoms with van der Waals surface area (Å²) in [7, 11) is 0. The Labute approximate surface area is 107 Å². The Morgan fingerprint density at radius 2 is 2.00 bits per heavy atom. The van der Waals surface area contributed by atoms with Crippen molar-refractivity contribution in [2.45, 2.75) is 12.2 Å². The molecule has 1 aliphatic heterocycles. The van der Waals surface area contributed by atoms with E-state index in [4.69, 9.17) is 5.73 Å². The van der Waals surface area contributed by atoms with Gasteiger partial charge in [0.25, 0.3) is 0 Å². The lowest BCUT2D eigenvalue weighted by Crippen LogP contribution is -2.43. The van der Waals surface area contributed by atoms with Crippen LogP contribution in [0.2, 0.25) is 0 Å². The van der Waals surface area contributed by atoms with Crippen LogP contribution in [-0.4, -0.2) is 49.0 Å². The fourth-order valence-electron chi connectivity index (χ4n) is 2.18. The fraction of sp³-hybridized carbons (Fsp3) is 0.538. The van der Waals surface area contributed by atoms with Gasteiger partial charge in [-0.2, -0.15) is 0 Å². The van der Waals surface area contributed by atoms with E-state index in [-0.39, 0.29) is 6.54 Å². The van der Waals surface area contributed by atoms with Crippen LogP contribution >= 0.6 is 0 Å². The summed E-state index contributed by atoms with van der Waals surface area (Å²) in [4.78, 5) is 2.27. The number of nitrogens with one attached hydrogen (secondary N) is 1. The summed E-state index contributed by atoms with van der Waals surface area (Å²) in [6, 6.07) is 7.67. The highest BCUT2D eigenvalue weighted by atomic mass is 16.3. The molecule has 1 aromatic carbocycles. The molecule has 0 bridgehead atoms. The van der Waals surface area contributed by atoms with E-state index in [0.717, 1.165) is 31.9 Å². The van der Waals surface area contributed by atoms with Gasteiger partial charge in [-0.1, -0.05) is 12.1 Å². The second-order valence-corrected chi connectivity index (χ2v) is 4.58. The Balaban J connectivity index is 2.13. The molecule has 5 heteroatoms. The second kappa shape index (κ2) is 6.15. The standard InChI is InChI=1S/C13H21N3O2/c14-9-12(17)13(18)10-2-1-3-11(8-10)16-6-4-15-5-7-16/h1-3,8,12-13,15,17-18H,4-7,9,14H2. The molecule has 2 atom stereocenters. The SMILES string of the molecule is NCC(O)C(O)c1cccc(N2CCNCC2)c1. The first-order chi connectivity index (χ1) is 8.72. The smallest absolute Gasteiger partial charge is 0.106 e. The fourth-order valence-corrected chi connectivity index (χ4v) is 2.18. The first kappa shape index (κ1) is 13.3. The number of aliphatic hydroxyl groups excluding tert-OH is 2. The van der Waals surface area contributed by atoms with Crippen molar-refractivity contribution in [3.8, 4) is 0 Å². The third-order valence-corrected chi connectivity index (χ3v) is 3.30. The lowest BCUT2D eigenvalue weighted by atomic mass is 10.0. The van der Waals surface area contributed by atoms with E-state index in [1.165, 1.54) is 0 Å². The maximum absolute atomic E-state index is 9.95. The Morgan fingerprint density at radius 3 is 2.67 bits per heavy atom. The van der Waals surface area contributed by atoms with Gasteiger partial charge in [0.15, 0.2) is 0 Å². The zero-order valence-electron chi connectivity index (χ0n) is 10.4. The molecule has 0 radical (unpaired) electrons. The Hall–Kier alpha value is -1.14. The van der Waals surface area contributed by atoms with Crippen molar-refractivity contribution in [1.29, 1.82) is 0 Å². The molecule has 0 spiro atoms. The van der Waals surface area contributed by atoms with E-state index in [1.807, 2.05) is 24.3 Å². The highest BCUT2D eigenvalue weighted by molar-refractivity contribution is 5.49. The van der Waals surface area contributed by atoms with Gasteiger partial charge in [0.1, 0.15) is 6.10 Å². The van der Waals surface area contributed by atoms with Crippen LogP contribution in [-0.2, 0) is 0 Å². The Bertz CT molecular complexity index is 363. The van der Waals surface area contributed by atoms with E-state index in [9.17, 15) is 10.2 Å². The number of benzene rings is 1. The Morgan fingerprint density at radius 1 is 1.28 bits per heavy atom. The van der Waals surface area contributed by atoms with E-state index >= 15 is 0 Å². The number of anilines is 1. The third kappa shape index (κ3) is 3.00. The molecule has 1 aromatic rings. The van der Waals surface area contributed by atoms with Gasteiger partial charge in [-0.25, -0.2) is 0 Å². The maximum atomic E-state index is 9.95. The molecule has 18 heavy (non-hydrogen) atoms. The van der Waals surface area contributed by atoms with Crippen molar-refractivity contribution in [3.05, 3.63) is 29.8 Å². The molecular weight excluding hydrogens is 230 g/mol. The molecule has 1 aliphatic rings. The minimum absolute atomic E-state index is 0.0546. The minimum atomic E-state index is -0.919. The maximum Gasteiger partial charge on any atom is 0.106 e. The van der Waals surface area contributed by atoms with Gasteiger partial charge in [0.05, 0.1) is 6.10 Å². The molecule has 0 aliphatic carbocycles. The zero-order chi connectivity index (χ0) is 13.0. The highest BCUT2D eigenvalue weighted by Gasteiger charge is 2.18. The van der Waals surface area contributed by atoms with Crippen molar-refractivity contribution >= 4 is 5.69 Å². The van der Waals surface area contributed by atoms with E-state index in [2.05, 4.69) is 10.2 Å². The third-order valence-electron chi connectivity index (χ3n) is 3.30. The first-order valence-corrected chi connectivity index (χ1v) is 6.34. The number of piperazine rings is 1. The summed E-state index contributed by atoms with van der Waals surface area (Å²) in [5, 5.41) is 22.8. The van der Waals surface area contributed by atoms with Gasteiger partial charge in [-0.3, -0.25) is 0 Å². The van der Waals surface area contributed by atoms with Crippen LogP contribution in [0.1, 0.15) is 11.7 Å². The van der Waals surface area contributed by atoms with Crippen LogP contribution in [0.15, 0.2) is 24.3 Å². The molecule has 1 saturated heterocycles. The monoisotopic (exact) mass is 251 g/mol. The summed E-state index contributed by atoms with van der Waals surface area (Å²) >= 11 is 0. The number of rotatable bonds is 4. The van der Waals surface area contributed by atoms with Gasteiger partial charge in [-0.05, 0) is 17.7 Å². The second-order valence-electron chi connectivity index (χ2n) is 4.58. The summed E-state index contributed by atoms with van der Waals surface area (Å²) in [5.41, 5.74) is 7.16. The van der Waals surface area contributed by atoms with Crippen LogP contribution in [0.4, 0.5) is 5.69 Å². The summed E-state index contributed by atoms with van der Waals surface area (Å²) in [5.74, 6) is 0. The van der Waals surface area contributed by atoms with Gasteiger partial charge < -0.3 is 26.2 Å². The summed E-state index contributed by atoms with van der Waals surface area (Å²) in [6.07, 6.45) is -1.83. The largest absolute Gasteiger partial charge is 0.389 e. The molecule has 5 nitrogen and oxygen atoms in total. The van der Waals surface area contributed by atoms with E-state index in [1.54, 1.807) is 0 Å². The van der Waals surface area contributed by atoms with Crippen LogP contribution in [0, 0.1) is 0 Å². The normalized spacial score (nSPS) is 19.6. The average molecular weight is 251 g/mol. The van der Waals surface area contributed by atoms with Crippen LogP contribution < -0.4 is 16.0 Å². The number of aliphatic hydroxyl groups is 2. The van der Waals surface area contributed by atoms with Crippen molar-refractivity contribution < 1.29 is 10.2 Å². The van der Waals surface area contributed by atoms with Crippen LogP contribution in [0.25, 0.3) is 0 Å². The molecule has 5 N–H and O–H groups in total. The molecule has 1 fully saturated rings. The number of hydrogen-bond donors (Lipinski definition) is 4. The molecule has 0 amide bonds. The predicted octanol–water partition coefficient (Wildman–Crippen LogP) is -0.551. The van der Waals surface area contributed by atoms with E-state index in [0.29, 0.717) is 5.56 Å². The van der Waals surface area contributed by atoms with Crippen molar-refractivity contribution in [2.75, 3.05) is 37.6 Å². The lowest BCUT2D eigenvalue weighted by Gasteiger charge is -2.30.